The number of aliphatic hydroxyl groups is 2. The molecule has 11 atom stereocenters. The predicted octanol–water partition coefficient (Wildman–Crippen LogP) is 5.64. The largest absolute Gasteiger partial charge is 0.440 e. The van der Waals surface area contributed by atoms with Gasteiger partial charge in [0.1, 0.15) is 0 Å². The van der Waals surface area contributed by atoms with Gasteiger partial charge in [0.15, 0.2) is 6.10 Å². The minimum absolute atomic E-state index is 0. The van der Waals surface area contributed by atoms with E-state index in [2.05, 4.69) is 20.8 Å². The molecule has 212 valence electrons. The number of ether oxygens (including phenoxy) is 2. The van der Waals surface area contributed by atoms with Gasteiger partial charge in [-0.15, -0.1) is 0 Å². The fraction of sp³-hybridized carbons (Fsp3) is 0.968. The van der Waals surface area contributed by atoms with Crippen molar-refractivity contribution in [1.82, 2.24) is 4.90 Å². The van der Waals surface area contributed by atoms with Gasteiger partial charge in [-0.2, -0.15) is 0 Å². The Hall–Kier alpha value is -0.850. The molecule has 37 heavy (non-hydrogen) atoms. The van der Waals surface area contributed by atoms with E-state index in [1.165, 1.54) is 43.4 Å². The molecule has 0 radical (unpaired) electrons. The van der Waals surface area contributed by atoms with Crippen molar-refractivity contribution in [2.45, 2.75) is 129 Å². The molecule has 0 bridgehead atoms. The predicted molar refractivity (Wildman–Crippen MR) is 144 cm³/mol. The van der Waals surface area contributed by atoms with Gasteiger partial charge < -0.3 is 24.6 Å². The van der Waals surface area contributed by atoms with Crippen LogP contribution in [-0.4, -0.2) is 65.3 Å². The average Bonchev–Trinajstić information content (AvgIpc) is 3.39. The number of aliphatic hydroxyl groups excluding tert-OH is 1. The Labute approximate surface area is 225 Å². The molecule has 1 aliphatic heterocycles. The van der Waals surface area contributed by atoms with Crippen LogP contribution in [0, 0.1) is 45.3 Å². The van der Waals surface area contributed by atoms with E-state index >= 15 is 0 Å². The Morgan fingerprint density at radius 3 is 2.38 bits per heavy atom. The second kappa shape index (κ2) is 8.10. The molecular weight excluding hydrogens is 466 g/mol. The molecule has 6 nitrogen and oxygen atoms in total. The quantitative estimate of drug-likeness (QED) is 0.505. The van der Waals surface area contributed by atoms with Crippen molar-refractivity contribution in [3.8, 4) is 0 Å². The lowest BCUT2D eigenvalue weighted by Gasteiger charge is -2.59. The number of hydrogen-bond acceptors (Lipinski definition) is 5. The summed E-state index contributed by atoms with van der Waals surface area (Å²) in [5, 5.41) is 21.8. The normalized spacial score (nSPS) is 50.5. The van der Waals surface area contributed by atoms with Crippen LogP contribution in [0.3, 0.4) is 0 Å². The lowest BCUT2D eigenvalue weighted by atomic mass is 9.46. The molecule has 5 saturated carbocycles. The fourth-order valence-corrected chi connectivity index (χ4v) is 11.4. The molecule has 0 aromatic carbocycles. The van der Waals surface area contributed by atoms with Crippen molar-refractivity contribution in [2.75, 3.05) is 14.1 Å². The Morgan fingerprint density at radius 2 is 1.70 bits per heavy atom. The first-order valence-electron chi connectivity index (χ1n) is 15.1. The molecule has 2 spiro atoms. The van der Waals surface area contributed by atoms with Crippen molar-refractivity contribution in [3.05, 3.63) is 0 Å². The van der Waals surface area contributed by atoms with E-state index in [1.807, 2.05) is 0 Å². The van der Waals surface area contributed by atoms with Crippen molar-refractivity contribution in [2.24, 2.45) is 45.3 Å². The number of nitrogens with zero attached hydrogens (tertiary/aromatic N) is 1. The number of fused-ring (bicyclic) bond motifs is 4. The van der Waals surface area contributed by atoms with Crippen LogP contribution in [0.15, 0.2) is 0 Å². The number of carbonyl (C=O) groups is 1. The third-order valence-corrected chi connectivity index (χ3v) is 13.2. The van der Waals surface area contributed by atoms with Gasteiger partial charge in [0.25, 0.3) is 0 Å². The summed E-state index contributed by atoms with van der Waals surface area (Å²) in [4.78, 5) is 13.8. The van der Waals surface area contributed by atoms with Gasteiger partial charge in [-0.1, -0.05) is 20.8 Å². The van der Waals surface area contributed by atoms with Gasteiger partial charge >= 0.3 is 6.09 Å². The van der Waals surface area contributed by atoms with Crippen LogP contribution in [0.5, 0.6) is 0 Å². The summed E-state index contributed by atoms with van der Waals surface area (Å²) in [6.45, 7) is 10.7. The molecule has 6 fully saturated rings. The first-order valence-corrected chi connectivity index (χ1v) is 15.1. The van der Waals surface area contributed by atoms with Gasteiger partial charge in [0.05, 0.1) is 23.9 Å². The SMILES string of the molecule is CN(C)C(=O)O[C@@H](C1CCC2C(CC3C4CCC5C(C)(C)[C@@H](O)CCC56C[C@@]46CC[C@]23C)O1)C(C)(C)O.[HH]. The molecule has 1 heterocycles. The molecular formula is C31H53NO5. The standard InChI is InChI=1S/C31H51NO5.H2/c1-27(2)23-11-9-18-20-16-22-19(8-10-21(36-22)25(28(3,4)35)37-26(34)32(6)7)29(20,5)14-15-30(18)17-31(23,30)13-12-24(27)33;/h18-25,33,35H,8-17H2,1-7H3;1H/t18?,19?,20?,21?,22?,23?,24-,25-,29+,30-,31?;/m0./s1. The molecule has 5 aliphatic carbocycles. The van der Waals surface area contributed by atoms with E-state index in [0.717, 1.165) is 31.6 Å². The highest BCUT2D eigenvalue weighted by Gasteiger charge is 2.80. The minimum Gasteiger partial charge on any atom is -0.440 e. The summed E-state index contributed by atoms with van der Waals surface area (Å²) in [7, 11) is 3.35. The number of hydrogen-bond donors (Lipinski definition) is 2. The smallest absolute Gasteiger partial charge is 0.409 e. The Bertz CT molecular complexity index is 949. The molecule has 0 aromatic heterocycles. The first kappa shape index (κ1) is 26.4. The zero-order chi connectivity index (χ0) is 26.8. The number of carbonyl (C=O) groups excluding carboxylic acids is 1. The number of amides is 1. The summed E-state index contributed by atoms with van der Waals surface area (Å²) in [6, 6.07) is 0. The second-order valence-electron chi connectivity index (χ2n) is 15.7. The summed E-state index contributed by atoms with van der Waals surface area (Å²) in [5.74, 6) is 2.68. The molecule has 2 N–H and O–H groups in total. The van der Waals surface area contributed by atoms with E-state index in [-0.39, 0.29) is 25.2 Å². The van der Waals surface area contributed by atoms with Crippen LogP contribution in [0.1, 0.15) is 100 Å². The van der Waals surface area contributed by atoms with Gasteiger partial charge in [-0.05, 0) is 123 Å². The maximum absolute atomic E-state index is 12.4. The van der Waals surface area contributed by atoms with Gasteiger partial charge in [0, 0.05) is 15.5 Å². The van der Waals surface area contributed by atoms with Crippen molar-refractivity contribution >= 4 is 6.09 Å². The lowest BCUT2D eigenvalue weighted by molar-refractivity contribution is -0.179. The van der Waals surface area contributed by atoms with Crippen LogP contribution in [0.2, 0.25) is 0 Å². The summed E-state index contributed by atoms with van der Waals surface area (Å²) >= 11 is 0. The number of rotatable bonds is 3. The fourth-order valence-electron chi connectivity index (χ4n) is 11.4. The maximum Gasteiger partial charge on any atom is 0.409 e. The van der Waals surface area contributed by atoms with Crippen LogP contribution >= 0.6 is 0 Å². The van der Waals surface area contributed by atoms with Crippen molar-refractivity contribution in [1.29, 1.82) is 0 Å². The Kier molecular flexibility index (Phi) is 5.77. The third kappa shape index (κ3) is 3.49. The highest BCUT2D eigenvalue weighted by molar-refractivity contribution is 5.67. The molecule has 1 amide bonds. The molecule has 6 rings (SSSR count). The van der Waals surface area contributed by atoms with E-state index in [4.69, 9.17) is 9.47 Å². The monoisotopic (exact) mass is 519 g/mol. The molecule has 7 unspecified atom stereocenters. The molecule has 6 aliphatic rings. The van der Waals surface area contributed by atoms with E-state index in [9.17, 15) is 15.0 Å². The molecule has 1 saturated heterocycles. The molecule has 6 heteroatoms. The minimum atomic E-state index is -1.17. The van der Waals surface area contributed by atoms with Crippen molar-refractivity contribution in [3.63, 3.8) is 0 Å². The second-order valence-corrected chi connectivity index (χ2v) is 15.7. The van der Waals surface area contributed by atoms with Crippen molar-refractivity contribution < 1.29 is 25.9 Å². The summed E-state index contributed by atoms with van der Waals surface area (Å²) < 4.78 is 12.6. The Balaban J connectivity index is 0.00000294. The van der Waals surface area contributed by atoms with E-state index < -0.39 is 17.8 Å². The maximum atomic E-state index is 12.4. The zero-order valence-electron chi connectivity index (χ0n) is 24.3. The molecule has 0 aromatic rings. The van der Waals surface area contributed by atoms with Crippen LogP contribution < -0.4 is 0 Å². The third-order valence-electron chi connectivity index (χ3n) is 13.2. The first-order chi connectivity index (χ1) is 17.2. The van der Waals surface area contributed by atoms with E-state index in [1.54, 1.807) is 27.9 Å². The van der Waals surface area contributed by atoms with Crippen LogP contribution in [0.4, 0.5) is 4.79 Å². The summed E-state index contributed by atoms with van der Waals surface area (Å²) in [5.41, 5.74) is 0.129. The highest BCUT2D eigenvalue weighted by Crippen LogP contribution is 2.87. The van der Waals surface area contributed by atoms with Crippen LogP contribution in [-0.2, 0) is 9.47 Å². The topological polar surface area (TPSA) is 79.2 Å². The highest BCUT2D eigenvalue weighted by atomic mass is 16.6. The van der Waals surface area contributed by atoms with Gasteiger partial charge in [-0.25, -0.2) is 4.79 Å². The average molecular weight is 520 g/mol. The summed E-state index contributed by atoms with van der Waals surface area (Å²) in [6.07, 6.45) is 10.5. The van der Waals surface area contributed by atoms with Gasteiger partial charge in [0.2, 0.25) is 0 Å². The van der Waals surface area contributed by atoms with Gasteiger partial charge in [-0.3, -0.25) is 0 Å². The van der Waals surface area contributed by atoms with Crippen LogP contribution in [0.25, 0.3) is 0 Å². The Morgan fingerprint density at radius 1 is 1.00 bits per heavy atom. The van der Waals surface area contributed by atoms with E-state index in [0.29, 0.717) is 34.0 Å². The lowest BCUT2D eigenvalue weighted by Crippen LogP contribution is -2.55. The zero-order valence-corrected chi connectivity index (χ0v) is 24.3.